The minimum atomic E-state index is -0.211. The molecule has 2 nitrogen and oxygen atoms in total. The van der Waals surface area contributed by atoms with E-state index in [0.717, 1.165) is 25.9 Å². The summed E-state index contributed by atoms with van der Waals surface area (Å²) in [6.07, 6.45) is 9.38. The van der Waals surface area contributed by atoms with Crippen molar-refractivity contribution in [2.75, 3.05) is 6.61 Å². The number of rotatable bonds is 2. The van der Waals surface area contributed by atoms with E-state index in [4.69, 9.17) is 9.47 Å². The molecule has 0 radical (unpaired) electrons. The fraction of sp³-hybridized carbons (Fsp3) is 0.833. The van der Waals surface area contributed by atoms with E-state index in [1.807, 2.05) is 6.92 Å². The van der Waals surface area contributed by atoms with E-state index in [0.29, 0.717) is 0 Å². The lowest BCUT2D eigenvalue weighted by Crippen LogP contribution is -2.33. The van der Waals surface area contributed by atoms with Gasteiger partial charge in [0, 0.05) is 12.8 Å². The van der Waals surface area contributed by atoms with Crippen LogP contribution in [0.25, 0.3) is 0 Å². The van der Waals surface area contributed by atoms with Gasteiger partial charge in [-0.15, -0.1) is 0 Å². The molecule has 0 bridgehead atoms. The van der Waals surface area contributed by atoms with E-state index in [9.17, 15) is 0 Å². The van der Waals surface area contributed by atoms with Gasteiger partial charge in [0.1, 0.15) is 0 Å². The first-order valence-electron chi connectivity index (χ1n) is 5.84. The lowest BCUT2D eigenvalue weighted by atomic mass is 9.94. The molecule has 2 rings (SSSR count). The molecule has 1 saturated heterocycles. The predicted octanol–water partition coefficient (Wildman–Crippen LogP) is 3.75. The van der Waals surface area contributed by atoms with E-state index < -0.39 is 0 Å². The van der Waals surface area contributed by atoms with Crippen molar-refractivity contribution in [2.45, 2.75) is 57.3 Å². The highest BCUT2D eigenvalue weighted by Crippen LogP contribution is 2.38. The van der Waals surface area contributed by atoms with Crippen LogP contribution in [0, 0.1) is 0 Å². The predicted molar refractivity (Wildman–Crippen MR) is 63.9 cm³/mol. The standard InChI is InChI=1S/C12H19BrO2/c1-10(13)5-6-11-9-14-12(15-11)7-3-2-4-8-12/h5,11H,2-4,6-9H2,1H3/b10-5+/t11-/m0/s1. The molecule has 1 aliphatic carbocycles. The van der Waals surface area contributed by atoms with Gasteiger partial charge >= 0.3 is 0 Å². The second-order valence-corrected chi connectivity index (χ2v) is 5.80. The number of ether oxygens (including phenoxy) is 2. The van der Waals surface area contributed by atoms with Gasteiger partial charge in [0.2, 0.25) is 0 Å². The summed E-state index contributed by atoms with van der Waals surface area (Å²) in [5.74, 6) is -0.211. The summed E-state index contributed by atoms with van der Waals surface area (Å²) in [5, 5.41) is 0. The minimum absolute atomic E-state index is 0.211. The molecule has 2 aliphatic rings. The Balaban J connectivity index is 1.85. The zero-order valence-electron chi connectivity index (χ0n) is 9.30. The highest BCUT2D eigenvalue weighted by atomic mass is 79.9. The Kier molecular flexibility index (Phi) is 3.86. The Morgan fingerprint density at radius 2 is 2.13 bits per heavy atom. The first-order chi connectivity index (χ1) is 7.20. The van der Waals surface area contributed by atoms with Gasteiger partial charge < -0.3 is 9.47 Å². The van der Waals surface area contributed by atoms with Crippen molar-refractivity contribution in [1.82, 2.24) is 0 Å². The summed E-state index contributed by atoms with van der Waals surface area (Å²) in [4.78, 5) is 0. The summed E-state index contributed by atoms with van der Waals surface area (Å²) in [6, 6.07) is 0. The van der Waals surface area contributed by atoms with Crippen molar-refractivity contribution < 1.29 is 9.47 Å². The van der Waals surface area contributed by atoms with Crippen molar-refractivity contribution >= 4 is 15.9 Å². The topological polar surface area (TPSA) is 18.5 Å². The highest BCUT2D eigenvalue weighted by Gasteiger charge is 2.41. The van der Waals surface area contributed by atoms with Crippen LogP contribution in [0.2, 0.25) is 0 Å². The van der Waals surface area contributed by atoms with Gasteiger partial charge in [-0.3, -0.25) is 0 Å². The van der Waals surface area contributed by atoms with E-state index in [2.05, 4.69) is 22.0 Å². The van der Waals surface area contributed by atoms with Gasteiger partial charge in [0.25, 0.3) is 0 Å². The summed E-state index contributed by atoms with van der Waals surface area (Å²) >= 11 is 3.43. The van der Waals surface area contributed by atoms with Crippen LogP contribution >= 0.6 is 15.9 Å². The fourth-order valence-electron chi connectivity index (χ4n) is 2.38. The molecule has 1 heterocycles. The Morgan fingerprint density at radius 1 is 1.40 bits per heavy atom. The summed E-state index contributed by atoms with van der Waals surface area (Å²) in [5.41, 5.74) is 0. The highest BCUT2D eigenvalue weighted by molar-refractivity contribution is 9.11. The smallest absolute Gasteiger partial charge is 0.168 e. The zero-order chi connectivity index (χ0) is 10.7. The van der Waals surface area contributed by atoms with Crippen LogP contribution in [-0.2, 0) is 9.47 Å². The lowest BCUT2D eigenvalue weighted by Gasteiger charge is -2.31. The first-order valence-corrected chi connectivity index (χ1v) is 6.64. The molecule has 2 fully saturated rings. The van der Waals surface area contributed by atoms with Crippen molar-refractivity contribution in [1.29, 1.82) is 0 Å². The van der Waals surface area contributed by atoms with Crippen molar-refractivity contribution in [2.24, 2.45) is 0 Å². The third-order valence-electron chi connectivity index (χ3n) is 3.19. The van der Waals surface area contributed by atoms with Gasteiger partial charge in [0.15, 0.2) is 5.79 Å². The monoisotopic (exact) mass is 274 g/mol. The molecule has 0 aromatic heterocycles. The maximum absolute atomic E-state index is 6.05. The van der Waals surface area contributed by atoms with Crippen LogP contribution in [0.1, 0.15) is 45.4 Å². The van der Waals surface area contributed by atoms with Crippen LogP contribution < -0.4 is 0 Å². The van der Waals surface area contributed by atoms with Gasteiger partial charge in [-0.1, -0.05) is 28.4 Å². The maximum Gasteiger partial charge on any atom is 0.168 e. The Hall–Kier alpha value is 0.140. The van der Waals surface area contributed by atoms with Crippen molar-refractivity contribution in [3.8, 4) is 0 Å². The molecule has 86 valence electrons. The third kappa shape index (κ3) is 3.05. The van der Waals surface area contributed by atoms with Crippen LogP contribution in [0.3, 0.4) is 0 Å². The first kappa shape index (κ1) is 11.6. The largest absolute Gasteiger partial charge is 0.347 e. The van der Waals surface area contributed by atoms with Crippen molar-refractivity contribution in [3.05, 3.63) is 10.6 Å². The number of halogens is 1. The molecule has 0 amide bonds. The molecule has 1 saturated carbocycles. The Labute approximate surface area is 100 Å². The Bertz CT molecular complexity index is 240. The minimum Gasteiger partial charge on any atom is -0.347 e. The molecule has 15 heavy (non-hydrogen) atoms. The van der Waals surface area contributed by atoms with E-state index >= 15 is 0 Å². The van der Waals surface area contributed by atoms with E-state index in [-0.39, 0.29) is 11.9 Å². The normalized spacial score (nSPS) is 31.1. The lowest BCUT2D eigenvalue weighted by molar-refractivity contribution is -0.186. The zero-order valence-corrected chi connectivity index (χ0v) is 10.9. The third-order valence-corrected chi connectivity index (χ3v) is 3.51. The van der Waals surface area contributed by atoms with Crippen LogP contribution in [0.5, 0.6) is 0 Å². The molecular weight excluding hydrogens is 256 g/mol. The van der Waals surface area contributed by atoms with Gasteiger partial charge in [-0.05, 0) is 30.7 Å². The van der Waals surface area contributed by atoms with Crippen LogP contribution in [0.15, 0.2) is 10.6 Å². The average molecular weight is 275 g/mol. The summed E-state index contributed by atoms with van der Waals surface area (Å²) < 4.78 is 13.1. The van der Waals surface area contributed by atoms with E-state index in [1.54, 1.807) is 0 Å². The van der Waals surface area contributed by atoms with Crippen LogP contribution in [0.4, 0.5) is 0 Å². The molecule has 1 aliphatic heterocycles. The second kappa shape index (κ2) is 4.98. The molecule has 0 aromatic carbocycles. The molecular formula is C12H19BrO2. The van der Waals surface area contributed by atoms with E-state index in [1.165, 1.54) is 23.7 Å². The summed E-state index contributed by atoms with van der Waals surface area (Å²) in [7, 11) is 0. The molecule has 0 aromatic rings. The summed E-state index contributed by atoms with van der Waals surface area (Å²) in [6.45, 7) is 2.81. The second-order valence-electron chi connectivity index (χ2n) is 4.55. The van der Waals surface area contributed by atoms with Crippen LogP contribution in [-0.4, -0.2) is 18.5 Å². The molecule has 0 N–H and O–H groups in total. The van der Waals surface area contributed by atoms with Gasteiger partial charge in [-0.25, -0.2) is 0 Å². The van der Waals surface area contributed by atoms with Gasteiger partial charge in [0.05, 0.1) is 12.7 Å². The fourth-order valence-corrected chi connectivity index (χ4v) is 2.57. The molecule has 0 unspecified atom stereocenters. The maximum atomic E-state index is 6.05. The van der Waals surface area contributed by atoms with Crippen molar-refractivity contribution in [3.63, 3.8) is 0 Å². The number of allylic oxidation sites excluding steroid dienone is 1. The number of hydrogen-bond acceptors (Lipinski definition) is 2. The van der Waals surface area contributed by atoms with Gasteiger partial charge in [-0.2, -0.15) is 0 Å². The molecule has 3 heteroatoms. The Morgan fingerprint density at radius 3 is 2.80 bits per heavy atom. The quantitative estimate of drug-likeness (QED) is 0.764. The average Bonchev–Trinajstić information content (AvgIpc) is 2.60. The molecule has 1 spiro atoms. The SMILES string of the molecule is C/C(Br)=C\C[C@H]1COC2(CCCCC2)O1. The number of hydrogen-bond donors (Lipinski definition) is 0. The molecule has 1 atom stereocenters.